The lowest BCUT2D eigenvalue weighted by molar-refractivity contribution is 0.0986. The third-order valence-electron chi connectivity index (χ3n) is 4.61. The molecule has 0 spiro atoms. The van der Waals surface area contributed by atoms with E-state index in [1.165, 1.54) is 23.5 Å². The molecule has 10 heteroatoms. The second kappa shape index (κ2) is 10.3. The molecule has 1 heterocycles. The summed E-state index contributed by atoms with van der Waals surface area (Å²) in [6.45, 7) is 3.21. The SMILES string of the molecule is Cc1cc(Cl)cc2sc(N(CCCN(C)C)C(=O)c3cccc(S(C)(=O)=O)c3)nc12.Cl. The second-order valence-corrected chi connectivity index (χ2v) is 10.9. The van der Waals surface area contributed by atoms with Gasteiger partial charge < -0.3 is 4.90 Å². The van der Waals surface area contributed by atoms with Crippen molar-refractivity contribution in [2.75, 3.05) is 38.3 Å². The predicted octanol–water partition coefficient (Wildman–Crippen LogP) is 4.68. The van der Waals surface area contributed by atoms with Crippen LogP contribution in [0.5, 0.6) is 0 Å². The van der Waals surface area contributed by atoms with Gasteiger partial charge in [-0.2, -0.15) is 0 Å². The van der Waals surface area contributed by atoms with Crippen LogP contribution >= 0.6 is 35.3 Å². The molecule has 3 aromatic rings. The third-order valence-corrected chi connectivity index (χ3v) is 6.97. The number of anilines is 1. The van der Waals surface area contributed by atoms with Crippen LogP contribution in [0.3, 0.4) is 0 Å². The molecule has 2 aromatic carbocycles. The molecule has 1 amide bonds. The molecule has 168 valence electrons. The number of halogens is 2. The van der Waals surface area contributed by atoms with Crippen LogP contribution in [0.25, 0.3) is 10.2 Å². The largest absolute Gasteiger partial charge is 0.309 e. The molecular formula is C21H25Cl2N3O3S2. The topological polar surface area (TPSA) is 70.6 Å². The minimum absolute atomic E-state index is 0. The van der Waals surface area contributed by atoms with Crippen LogP contribution in [0.15, 0.2) is 41.3 Å². The van der Waals surface area contributed by atoms with Crippen molar-refractivity contribution >= 4 is 66.4 Å². The lowest BCUT2D eigenvalue weighted by atomic mass is 10.2. The van der Waals surface area contributed by atoms with E-state index in [1.54, 1.807) is 17.0 Å². The highest BCUT2D eigenvalue weighted by atomic mass is 35.5. The summed E-state index contributed by atoms with van der Waals surface area (Å²) in [5.74, 6) is -0.276. The maximum absolute atomic E-state index is 13.4. The highest BCUT2D eigenvalue weighted by Gasteiger charge is 2.23. The molecule has 0 atom stereocenters. The fourth-order valence-electron chi connectivity index (χ4n) is 3.10. The van der Waals surface area contributed by atoms with Crippen LogP contribution in [-0.4, -0.2) is 57.6 Å². The average Bonchev–Trinajstić information content (AvgIpc) is 3.08. The van der Waals surface area contributed by atoms with Crippen LogP contribution in [0, 0.1) is 6.92 Å². The molecule has 3 rings (SSSR count). The van der Waals surface area contributed by atoms with Crippen molar-refractivity contribution in [2.24, 2.45) is 0 Å². The molecule has 0 saturated heterocycles. The molecule has 0 bridgehead atoms. The van der Waals surface area contributed by atoms with E-state index in [0.717, 1.165) is 35.0 Å². The summed E-state index contributed by atoms with van der Waals surface area (Å²) < 4.78 is 24.8. The predicted molar refractivity (Wildman–Crippen MR) is 131 cm³/mol. The Kier molecular flexibility index (Phi) is 8.47. The number of rotatable bonds is 7. The zero-order valence-corrected chi connectivity index (χ0v) is 21.0. The molecule has 0 saturated carbocycles. The molecular weight excluding hydrogens is 477 g/mol. The smallest absolute Gasteiger partial charge is 0.260 e. The standard InChI is InChI=1S/C21H24ClN3O3S2.ClH/c1-14-11-16(22)13-18-19(14)23-21(29-18)25(10-6-9-24(2)3)20(26)15-7-5-8-17(12-15)30(4,27)28;/h5,7-8,11-13H,6,9-10H2,1-4H3;1H. The van der Waals surface area contributed by atoms with Gasteiger partial charge in [-0.25, -0.2) is 13.4 Å². The van der Waals surface area contributed by atoms with E-state index in [1.807, 2.05) is 33.2 Å². The molecule has 0 aliphatic heterocycles. The average molecular weight is 502 g/mol. The first kappa shape index (κ1) is 25.5. The van der Waals surface area contributed by atoms with E-state index in [4.69, 9.17) is 16.6 Å². The van der Waals surface area contributed by atoms with Gasteiger partial charge in [0.1, 0.15) is 0 Å². The summed E-state index contributed by atoms with van der Waals surface area (Å²) in [6, 6.07) is 9.83. The van der Waals surface area contributed by atoms with Gasteiger partial charge in [-0.1, -0.05) is 29.0 Å². The Morgan fingerprint density at radius 2 is 1.87 bits per heavy atom. The fraction of sp³-hybridized carbons (Fsp3) is 0.333. The first-order valence-corrected chi connectivity index (χ1v) is 12.5. The van der Waals surface area contributed by atoms with Gasteiger partial charge in [-0.05, 0) is 69.9 Å². The molecule has 31 heavy (non-hydrogen) atoms. The molecule has 0 aliphatic carbocycles. The quantitative estimate of drug-likeness (QED) is 0.469. The Morgan fingerprint density at radius 3 is 2.52 bits per heavy atom. The molecule has 1 aromatic heterocycles. The van der Waals surface area contributed by atoms with Gasteiger partial charge in [0.2, 0.25) is 0 Å². The summed E-state index contributed by atoms with van der Waals surface area (Å²) in [5.41, 5.74) is 2.08. The lowest BCUT2D eigenvalue weighted by Gasteiger charge is -2.21. The van der Waals surface area contributed by atoms with Crippen LogP contribution in [-0.2, 0) is 9.84 Å². The monoisotopic (exact) mass is 501 g/mol. The van der Waals surface area contributed by atoms with Crippen molar-refractivity contribution in [3.8, 4) is 0 Å². The fourth-order valence-corrected chi connectivity index (χ4v) is 5.21. The van der Waals surface area contributed by atoms with Gasteiger partial charge in [-0.3, -0.25) is 9.69 Å². The first-order valence-electron chi connectivity index (χ1n) is 9.39. The zero-order chi connectivity index (χ0) is 22.1. The minimum Gasteiger partial charge on any atom is -0.309 e. The van der Waals surface area contributed by atoms with Crippen molar-refractivity contribution in [3.05, 3.63) is 52.5 Å². The Morgan fingerprint density at radius 1 is 1.16 bits per heavy atom. The summed E-state index contributed by atoms with van der Waals surface area (Å²) in [6.07, 6.45) is 1.88. The van der Waals surface area contributed by atoms with E-state index in [2.05, 4.69) is 4.90 Å². The van der Waals surface area contributed by atoms with Gasteiger partial charge >= 0.3 is 0 Å². The Bertz CT molecular complexity index is 1190. The molecule has 0 unspecified atom stereocenters. The number of hydrogen-bond donors (Lipinski definition) is 0. The van der Waals surface area contributed by atoms with Gasteiger partial charge in [0.05, 0.1) is 15.1 Å². The van der Waals surface area contributed by atoms with E-state index in [9.17, 15) is 13.2 Å². The van der Waals surface area contributed by atoms with E-state index in [-0.39, 0.29) is 23.2 Å². The van der Waals surface area contributed by atoms with Gasteiger partial charge in [0, 0.05) is 23.4 Å². The number of carbonyl (C=O) groups excluding carboxylic acids is 1. The maximum atomic E-state index is 13.4. The highest BCUT2D eigenvalue weighted by Crippen LogP contribution is 2.33. The molecule has 6 nitrogen and oxygen atoms in total. The lowest BCUT2D eigenvalue weighted by Crippen LogP contribution is -2.33. The number of fused-ring (bicyclic) bond motifs is 1. The molecule has 0 aliphatic rings. The Balaban J connectivity index is 0.00000341. The van der Waals surface area contributed by atoms with E-state index < -0.39 is 9.84 Å². The van der Waals surface area contributed by atoms with Crippen molar-refractivity contribution < 1.29 is 13.2 Å². The van der Waals surface area contributed by atoms with Crippen molar-refractivity contribution in [2.45, 2.75) is 18.2 Å². The number of benzene rings is 2. The summed E-state index contributed by atoms with van der Waals surface area (Å²) in [7, 11) is 0.541. The molecule has 0 radical (unpaired) electrons. The normalized spacial score (nSPS) is 11.5. The third kappa shape index (κ3) is 6.17. The van der Waals surface area contributed by atoms with Crippen LogP contribution in [0.4, 0.5) is 5.13 Å². The summed E-state index contributed by atoms with van der Waals surface area (Å²) in [5, 5.41) is 1.20. The van der Waals surface area contributed by atoms with Gasteiger partial charge in [-0.15, -0.1) is 12.4 Å². The number of carbonyl (C=O) groups is 1. The number of nitrogens with zero attached hydrogens (tertiary/aromatic N) is 3. The maximum Gasteiger partial charge on any atom is 0.260 e. The Hall–Kier alpha value is -1.71. The molecule has 0 fully saturated rings. The number of aromatic nitrogens is 1. The number of aryl methyl sites for hydroxylation is 1. The van der Waals surface area contributed by atoms with Crippen molar-refractivity contribution in [3.63, 3.8) is 0 Å². The number of sulfone groups is 1. The van der Waals surface area contributed by atoms with Crippen molar-refractivity contribution in [1.82, 2.24) is 9.88 Å². The van der Waals surface area contributed by atoms with E-state index >= 15 is 0 Å². The number of hydrogen-bond acceptors (Lipinski definition) is 6. The first-order chi connectivity index (χ1) is 14.1. The molecule has 0 N–H and O–H groups in total. The zero-order valence-electron chi connectivity index (χ0n) is 17.8. The van der Waals surface area contributed by atoms with Gasteiger partial charge in [0.15, 0.2) is 15.0 Å². The number of thiazole rings is 1. The Labute approximate surface area is 198 Å². The van der Waals surface area contributed by atoms with Gasteiger partial charge in [0.25, 0.3) is 5.91 Å². The summed E-state index contributed by atoms with van der Waals surface area (Å²) >= 11 is 7.59. The van der Waals surface area contributed by atoms with Crippen LogP contribution in [0.1, 0.15) is 22.3 Å². The number of amides is 1. The van der Waals surface area contributed by atoms with Crippen LogP contribution in [0.2, 0.25) is 5.02 Å². The van der Waals surface area contributed by atoms with Crippen LogP contribution < -0.4 is 4.90 Å². The van der Waals surface area contributed by atoms with E-state index in [0.29, 0.717) is 22.3 Å². The van der Waals surface area contributed by atoms with Crippen molar-refractivity contribution in [1.29, 1.82) is 0 Å². The highest BCUT2D eigenvalue weighted by molar-refractivity contribution is 7.90. The summed E-state index contributed by atoms with van der Waals surface area (Å²) in [4.78, 5) is 21.9. The minimum atomic E-state index is -3.41. The second-order valence-electron chi connectivity index (χ2n) is 7.48.